The molecule has 1 heterocycles. The molecule has 1 aromatic heterocycles. The predicted molar refractivity (Wildman–Crippen MR) is 84.4 cm³/mol. The average Bonchev–Trinajstić information content (AvgIpc) is 2.99. The summed E-state index contributed by atoms with van der Waals surface area (Å²) in [4.78, 5) is 23.2. The van der Waals surface area contributed by atoms with Crippen molar-refractivity contribution in [3.05, 3.63) is 58.3 Å². The van der Waals surface area contributed by atoms with Gasteiger partial charge in [0.2, 0.25) is 5.91 Å². The van der Waals surface area contributed by atoms with Gasteiger partial charge in [0, 0.05) is 11.8 Å². The van der Waals surface area contributed by atoms with Gasteiger partial charge >= 0.3 is 5.97 Å². The number of esters is 1. The summed E-state index contributed by atoms with van der Waals surface area (Å²) in [6.07, 6.45) is 3.22. The number of ether oxygens (including phenoxy) is 1. The molecule has 0 saturated carbocycles. The molecule has 0 radical (unpaired) electrons. The Morgan fingerprint density at radius 2 is 2.00 bits per heavy atom. The van der Waals surface area contributed by atoms with Crippen LogP contribution in [-0.4, -0.2) is 18.5 Å². The Kier molecular flexibility index (Phi) is 5.29. The number of benzene rings is 1. The molecule has 5 heteroatoms. The molecule has 1 aromatic carbocycles. The van der Waals surface area contributed by atoms with E-state index in [1.54, 1.807) is 48.6 Å². The zero-order chi connectivity index (χ0) is 15.1. The molecule has 0 spiro atoms. The summed E-state index contributed by atoms with van der Waals surface area (Å²) in [7, 11) is 0. The van der Waals surface area contributed by atoms with Crippen LogP contribution in [0.3, 0.4) is 0 Å². The van der Waals surface area contributed by atoms with Crippen molar-refractivity contribution in [2.45, 2.75) is 6.92 Å². The Morgan fingerprint density at radius 1 is 1.24 bits per heavy atom. The van der Waals surface area contributed by atoms with E-state index in [1.807, 2.05) is 16.8 Å². The molecule has 2 aromatic rings. The molecule has 1 amide bonds. The number of rotatable bonds is 5. The minimum absolute atomic E-state index is 0.218. The van der Waals surface area contributed by atoms with E-state index in [1.165, 1.54) is 6.08 Å². The molecule has 0 fully saturated rings. The highest BCUT2D eigenvalue weighted by molar-refractivity contribution is 7.08. The normalized spacial score (nSPS) is 10.5. The van der Waals surface area contributed by atoms with Crippen molar-refractivity contribution in [2.24, 2.45) is 0 Å². The van der Waals surface area contributed by atoms with E-state index in [9.17, 15) is 9.59 Å². The van der Waals surface area contributed by atoms with E-state index in [-0.39, 0.29) is 11.9 Å². The van der Waals surface area contributed by atoms with Crippen LogP contribution in [0, 0.1) is 0 Å². The molecule has 0 aliphatic rings. The van der Waals surface area contributed by atoms with E-state index in [2.05, 4.69) is 5.32 Å². The van der Waals surface area contributed by atoms with Crippen LogP contribution in [0.2, 0.25) is 0 Å². The van der Waals surface area contributed by atoms with Gasteiger partial charge in [0.05, 0.1) is 12.2 Å². The Morgan fingerprint density at radius 3 is 2.62 bits per heavy atom. The van der Waals surface area contributed by atoms with Crippen LogP contribution in [0.4, 0.5) is 5.69 Å². The molecule has 21 heavy (non-hydrogen) atoms. The molecule has 4 nitrogen and oxygen atoms in total. The van der Waals surface area contributed by atoms with Crippen LogP contribution < -0.4 is 5.32 Å². The van der Waals surface area contributed by atoms with Crippen molar-refractivity contribution < 1.29 is 14.3 Å². The second-order valence-electron chi connectivity index (χ2n) is 4.18. The first-order chi connectivity index (χ1) is 10.2. The second kappa shape index (κ2) is 7.40. The zero-order valence-corrected chi connectivity index (χ0v) is 12.4. The van der Waals surface area contributed by atoms with Gasteiger partial charge in [0.25, 0.3) is 0 Å². The minimum atomic E-state index is -0.368. The number of carbonyl (C=O) groups excluding carboxylic acids is 2. The molecule has 0 bridgehead atoms. The lowest BCUT2D eigenvalue weighted by Gasteiger charge is -2.04. The van der Waals surface area contributed by atoms with Gasteiger partial charge in [-0.15, -0.1) is 0 Å². The third-order valence-corrected chi connectivity index (χ3v) is 3.34. The van der Waals surface area contributed by atoms with Gasteiger partial charge in [-0.1, -0.05) is 0 Å². The second-order valence-corrected chi connectivity index (χ2v) is 4.96. The van der Waals surface area contributed by atoms with Gasteiger partial charge in [-0.25, -0.2) is 4.79 Å². The van der Waals surface area contributed by atoms with Crippen molar-refractivity contribution in [3.63, 3.8) is 0 Å². The van der Waals surface area contributed by atoms with E-state index in [0.29, 0.717) is 17.9 Å². The summed E-state index contributed by atoms with van der Waals surface area (Å²) in [5, 5.41) is 6.63. The monoisotopic (exact) mass is 301 g/mol. The number of nitrogens with one attached hydrogen (secondary N) is 1. The molecule has 108 valence electrons. The van der Waals surface area contributed by atoms with Crippen LogP contribution in [0.25, 0.3) is 6.08 Å². The Hall–Kier alpha value is -2.40. The van der Waals surface area contributed by atoms with Gasteiger partial charge in [-0.3, -0.25) is 4.79 Å². The molecule has 2 rings (SSSR count). The first-order valence-electron chi connectivity index (χ1n) is 6.47. The maximum absolute atomic E-state index is 11.7. The lowest BCUT2D eigenvalue weighted by molar-refractivity contribution is -0.111. The molecular weight excluding hydrogens is 286 g/mol. The highest BCUT2D eigenvalue weighted by atomic mass is 32.1. The Balaban J connectivity index is 1.94. The van der Waals surface area contributed by atoms with Gasteiger partial charge in [-0.2, -0.15) is 11.3 Å². The quantitative estimate of drug-likeness (QED) is 0.678. The van der Waals surface area contributed by atoms with Crippen molar-refractivity contribution >= 4 is 35.0 Å². The summed E-state index contributed by atoms with van der Waals surface area (Å²) in [5.41, 5.74) is 2.08. The fraction of sp³-hybridized carbons (Fsp3) is 0.125. The number of hydrogen-bond donors (Lipinski definition) is 1. The summed E-state index contributed by atoms with van der Waals surface area (Å²) < 4.78 is 4.89. The SMILES string of the molecule is CCOC(=O)c1ccc(NC(=O)/C=C/c2ccsc2)cc1. The topological polar surface area (TPSA) is 55.4 Å². The lowest BCUT2D eigenvalue weighted by atomic mass is 10.2. The smallest absolute Gasteiger partial charge is 0.338 e. The zero-order valence-electron chi connectivity index (χ0n) is 11.5. The first kappa shape index (κ1) is 15.0. The fourth-order valence-corrected chi connectivity index (χ4v) is 2.26. The van der Waals surface area contributed by atoms with Crippen molar-refractivity contribution in [2.75, 3.05) is 11.9 Å². The third-order valence-electron chi connectivity index (χ3n) is 2.63. The maximum atomic E-state index is 11.7. The van der Waals surface area contributed by atoms with Gasteiger partial charge < -0.3 is 10.1 Å². The number of anilines is 1. The molecule has 0 atom stereocenters. The lowest BCUT2D eigenvalue weighted by Crippen LogP contribution is -2.08. The highest BCUT2D eigenvalue weighted by Crippen LogP contribution is 2.11. The molecule has 1 N–H and O–H groups in total. The number of hydrogen-bond acceptors (Lipinski definition) is 4. The number of thiophene rings is 1. The van der Waals surface area contributed by atoms with Crippen molar-refractivity contribution in [1.29, 1.82) is 0 Å². The molecule has 0 aliphatic carbocycles. The molecule has 0 saturated heterocycles. The van der Waals surface area contributed by atoms with E-state index in [0.717, 1.165) is 5.56 Å². The Bertz CT molecular complexity index is 630. The Labute approximate surface area is 127 Å². The van der Waals surface area contributed by atoms with Gasteiger partial charge in [0.15, 0.2) is 0 Å². The van der Waals surface area contributed by atoms with Crippen LogP contribution in [0.5, 0.6) is 0 Å². The average molecular weight is 301 g/mol. The minimum Gasteiger partial charge on any atom is -0.462 e. The predicted octanol–water partition coefficient (Wildman–Crippen LogP) is 3.58. The summed E-state index contributed by atoms with van der Waals surface area (Å²) in [6.45, 7) is 2.09. The van der Waals surface area contributed by atoms with E-state index >= 15 is 0 Å². The standard InChI is InChI=1S/C16H15NO3S/c1-2-20-16(19)13-4-6-14(7-5-13)17-15(18)8-3-12-9-10-21-11-12/h3-11H,2H2,1H3,(H,17,18)/b8-3+. The number of amides is 1. The highest BCUT2D eigenvalue weighted by Gasteiger charge is 2.06. The van der Waals surface area contributed by atoms with E-state index < -0.39 is 0 Å². The molecular formula is C16H15NO3S. The van der Waals surface area contributed by atoms with E-state index in [4.69, 9.17) is 4.74 Å². The van der Waals surface area contributed by atoms with Crippen LogP contribution >= 0.6 is 11.3 Å². The van der Waals surface area contributed by atoms with Gasteiger partial charge in [-0.05, 0) is 59.7 Å². The van der Waals surface area contributed by atoms with Gasteiger partial charge in [0.1, 0.15) is 0 Å². The van der Waals surface area contributed by atoms with Crippen molar-refractivity contribution in [3.8, 4) is 0 Å². The maximum Gasteiger partial charge on any atom is 0.338 e. The molecule has 0 unspecified atom stereocenters. The summed E-state index contributed by atoms with van der Waals surface area (Å²) in [6, 6.07) is 8.51. The summed E-state index contributed by atoms with van der Waals surface area (Å²) in [5.74, 6) is -0.585. The largest absolute Gasteiger partial charge is 0.462 e. The first-order valence-corrected chi connectivity index (χ1v) is 7.42. The number of carbonyl (C=O) groups is 2. The fourth-order valence-electron chi connectivity index (χ4n) is 1.63. The molecule has 0 aliphatic heterocycles. The van der Waals surface area contributed by atoms with Crippen LogP contribution in [0.1, 0.15) is 22.8 Å². The van der Waals surface area contributed by atoms with Crippen LogP contribution in [-0.2, 0) is 9.53 Å². The summed E-state index contributed by atoms with van der Waals surface area (Å²) >= 11 is 1.58. The van der Waals surface area contributed by atoms with Crippen molar-refractivity contribution in [1.82, 2.24) is 0 Å². The third kappa shape index (κ3) is 4.57. The van der Waals surface area contributed by atoms with Crippen LogP contribution in [0.15, 0.2) is 47.2 Å².